The molecule has 0 spiro atoms. The normalized spacial score (nSPS) is 18.2. The molecule has 1 aliphatic rings. The van der Waals surface area contributed by atoms with Gasteiger partial charge in [0.05, 0.1) is 0 Å². The van der Waals surface area contributed by atoms with Crippen molar-refractivity contribution in [3.63, 3.8) is 0 Å². The fraction of sp³-hybridized carbons (Fsp3) is 0.400. The van der Waals surface area contributed by atoms with Crippen LogP contribution in [0.1, 0.15) is 18.5 Å². The summed E-state index contributed by atoms with van der Waals surface area (Å²) in [6.45, 7) is 0.919. The number of amides is 1. The van der Waals surface area contributed by atoms with Crippen LogP contribution in [-0.4, -0.2) is 27.0 Å². The number of imidazole rings is 1. The van der Waals surface area contributed by atoms with E-state index in [1.807, 2.05) is 0 Å². The molecule has 0 bridgehead atoms. The van der Waals surface area contributed by atoms with E-state index in [9.17, 15) is 18.0 Å². The third-order valence-electron chi connectivity index (χ3n) is 3.87. The monoisotopic (exact) mass is 324 g/mol. The molecule has 0 radical (unpaired) electrons. The second-order valence-electron chi connectivity index (χ2n) is 5.45. The Hall–Kier alpha value is -2.38. The number of pyridine rings is 1. The standard InChI is InChI=1S/C15H15F3N4O/c16-15(17,18)12-9-22(7-4-10-3-6-20-14(10)23)13(21-12)11-2-1-5-19-8-11/h1-2,5,8-10H,3-4,6-7H2,(H,20,23). The van der Waals surface area contributed by atoms with Crippen molar-refractivity contribution in [2.24, 2.45) is 5.92 Å². The molecule has 1 saturated heterocycles. The van der Waals surface area contributed by atoms with E-state index < -0.39 is 11.9 Å². The quantitative estimate of drug-likeness (QED) is 0.940. The number of hydrogen-bond donors (Lipinski definition) is 1. The molecule has 1 amide bonds. The van der Waals surface area contributed by atoms with Crippen LogP contribution in [0.25, 0.3) is 11.4 Å². The van der Waals surface area contributed by atoms with Gasteiger partial charge in [0, 0.05) is 43.2 Å². The number of aromatic nitrogens is 3. The minimum Gasteiger partial charge on any atom is -0.356 e. The number of rotatable bonds is 4. The molecular weight excluding hydrogens is 309 g/mol. The molecule has 1 unspecified atom stereocenters. The van der Waals surface area contributed by atoms with Crippen molar-refractivity contribution < 1.29 is 18.0 Å². The summed E-state index contributed by atoms with van der Waals surface area (Å²) in [7, 11) is 0. The zero-order valence-electron chi connectivity index (χ0n) is 12.2. The van der Waals surface area contributed by atoms with Gasteiger partial charge in [0.15, 0.2) is 5.69 Å². The number of halogens is 3. The minimum atomic E-state index is -4.51. The Bertz CT molecular complexity index is 696. The summed E-state index contributed by atoms with van der Waals surface area (Å²) in [4.78, 5) is 19.2. The third kappa shape index (κ3) is 3.35. The van der Waals surface area contributed by atoms with Crippen LogP contribution in [0.4, 0.5) is 13.2 Å². The zero-order chi connectivity index (χ0) is 16.4. The summed E-state index contributed by atoms with van der Waals surface area (Å²) in [6.07, 6.45) is 0.697. The molecule has 0 aromatic carbocycles. The van der Waals surface area contributed by atoms with Crippen LogP contribution in [0.15, 0.2) is 30.7 Å². The lowest BCUT2D eigenvalue weighted by Gasteiger charge is -2.10. The van der Waals surface area contributed by atoms with Gasteiger partial charge in [-0.1, -0.05) is 0 Å². The van der Waals surface area contributed by atoms with Crippen LogP contribution in [0.5, 0.6) is 0 Å². The molecule has 2 aromatic rings. The van der Waals surface area contributed by atoms with Gasteiger partial charge in [-0.2, -0.15) is 13.2 Å². The zero-order valence-corrected chi connectivity index (χ0v) is 12.2. The minimum absolute atomic E-state index is 0.0379. The highest BCUT2D eigenvalue weighted by atomic mass is 19.4. The summed E-state index contributed by atoms with van der Waals surface area (Å²) in [6, 6.07) is 3.31. The lowest BCUT2D eigenvalue weighted by atomic mass is 10.0. The maximum atomic E-state index is 12.9. The average Bonchev–Trinajstić information content (AvgIpc) is 3.12. The van der Waals surface area contributed by atoms with E-state index in [4.69, 9.17) is 0 Å². The molecule has 3 heterocycles. The molecule has 2 aromatic heterocycles. The van der Waals surface area contributed by atoms with Crippen molar-refractivity contribution in [2.45, 2.75) is 25.6 Å². The Morgan fingerprint density at radius 2 is 2.22 bits per heavy atom. The lowest BCUT2D eigenvalue weighted by molar-refractivity contribution is -0.141. The van der Waals surface area contributed by atoms with Crippen molar-refractivity contribution in [1.29, 1.82) is 0 Å². The van der Waals surface area contributed by atoms with Crippen LogP contribution in [0.3, 0.4) is 0 Å². The van der Waals surface area contributed by atoms with Gasteiger partial charge in [-0.15, -0.1) is 0 Å². The summed E-state index contributed by atoms with van der Waals surface area (Å²) in [5.74, 6) is 0.0152. The predicted octanol–water partition coefficient (Wildman–Crippen LogP) is 2.49. The highest BCUT2D eigenvalue weighted by Gasteiger charge is 2.35. The van der Waals surface area contributed by atoms with Crippen molar-refractivity contribution >= 4 is 5.91 Å². The first-order chi connectivity index (χ1) is 10.9. The van der Waals surface area contributed by atoms with Gasteiger partial charge in [-0.3, -0.25) is 9.78 Å². The average molecular weight is 324 g/mol. The molecule has 1 N–H and O–H groups in total. The van der Waals surface area contributed by atoms with Gasteiger partial charge >= 0.3 is 6.18 Å². The molecular formula is C15H15F3N4O. The molecule has 0 saturated carbocycles. The van der Waals surface area contributed by atoms with E-state index in [0.717, 1.165) is 6.20 Å². The highest BCUT2D eigenvalue weighted by Crippen LogP contribution is 2.31. The van der Waals surface area contributed by atoms with E-state index >= 15 is 0 Å². The highest BCUT2D eigenvalue weighted by molar-refractivity contribution is 5.80. The molecule has 8 heteroatoms. The number of nitrogens with one attached hydrogen (secondary N) is 1. The molecule has 1 fully saturated rings. The van der Waals surface area contributed by atoms with Crippen LogP contribution >= 0.6 is 0 Å². The summed E-state index contributed by atoms with van der Waals surface area (Å²) in [5, 5.41) is 2.73. The van der Waals surface area contributed by atoms with Crippen molar-refractivity contribution in [3.8, 4) is 11.4 Å². The van der Waals surface area contributed by atoms with Gasteiger partial charge < -0.3 is 9.88 Å². The summed E-state index contributed by atoms with van der Waals surface area (Å²) < 4.78 is 40.3. The van der Waals surface area contributed by atoms with E-state index in [1.54, 1.807) is 18.3 Å². The summed E-state index contributed by atoms with van der Waals surface area (Å²) >= 11 is 0. The molecule has 122 valence electrons. The summed E-state index contributed by atoms with van der Waals surface area (Å²) in [5.41, 5.74) is -0.425. The van der Waals surface area contributed by atoms with Crippen molar-refractivity contribution in [3.05, 3.63) is 36.4 Å². The molecule has 0 aliphatic carbocycles. The number of hydrogen-bond acceptors (Lipinski definition) is 3. The first kappa shape index (κ1) is 15.5. The Kier molecular flexibility index (Phi) is 4.06. The Labute approximate surface area is 130 Å². The fourth-order valence-electron chi connectivity index (χ4n) is 2.66. The van der Waals surface area contributed by atoms with Crippen LogP contribution in [0.2, 0.25) is 0 Å². The second-order valence-corrected chi connectivity index (χ2v) is 5.45. The fourth-order valence-corrected chi connectivity index (χ4v) is 2.66. The maximum Gasteiger partial charge on any atom is 0.434 e. The van der Waals surface area contributed by atoms with Crippen molar-refractivity contribution in [2.75, 3.05) is 6.54 Å². The largest absolute Gasteiger partial charge is 0.434 e. The number of nitrogens with zero attached hydrogens (tertiary/aromatic N) is 3. The van der Waals surface area contributed by atoms with Crippen LogP contribution in [-0.2, 0) is 17.5 Å². The van der Waals surface area contributed by atoms with Gasteiger partial charge in [-0.25, -0.2) is 4.98 Å². The number of carbonyl (C=O) groups excluding carboxylic acids is 1. The number of carbonyl (C=O) groups is 1. The maximum absolute atomic E-state index is 12.9. The van der Waals surface area contributed by atoms with Crippen LogP contribution in [0, 0.1) is 5.92 Å². The van der Waals surface area contributed by atoms with E-state index in [0.29, 0.717) is 31.5 Å². The van der Waals surface area contributed by atoms with Gasteiger partial charge in [-0.05, 0) is 25.0 Å². The van der Waals surface area contributed by atoms with Gasteiger partial charge in [0.2, 0.25) is 5.91 Å². The molecule has 5 nitrogen and oxygen atoms in total. The number of alkyl halides is 3. The predicted molar refractivity (Wildman–Crippen MR) is 76.2 cm³/mol. The van der Waals surface area contributed by atoms with E-state index in [2.05, 4.69) is 15.3 Å². The Morgan fingerprint density at radius 1 is 1.39 bits per heavy atom. The van der Waals surface area contributed by atoms with Gasteiger partial charge in [0.1, 0.15) is 5.82 Å². The van der Waals surface area contributed by atoms with Crippen molar-refractivity contribution in [1.82, 2.24) is 19.9 Å². The smallest absolute Gasteiger partial charge is 0.356 e. The second kappa shape index (κ2) is 6.02. The molecule has 23 heavy (non-hydrogen) atoms. The number of aryl methyl sites for hydroxylation is 1. The third-order valence-corrected chi connectivity index (χ3v) is 3.87. The first-order valence-electron chi connectivity index (χ1n) is 7.27. The van der Waals surface area contributed by atoms with Gasteiger partial charge in [0.25, 0.3) is 0 Å². The Balaban J connectivity index is 1.88. The van der Waals surface area contributed by atoms with E-state index in [1.165, 1.54) is 10.8 Å². The lowest BCUT2D eigenvalue weighted by Crippen LogP contribution is -2.20. The first-order valence-corrected chi connectivity index (χ1v) is 7.27. The Morgan fingerprint density at radius 3 is 2.83 bits per heavy atom. The molecule has 3 rings (SSSR count). The topological polar surface area (TPSA) is 59.8 Å². The van der Waals surface area contributed by atoms with E-state index in [-0.39, 0.29) is 17.6 Å². The molecule has 1 aliphatic heterocycles. The SMILES string of the molecule is O=C1NCCC1CCn1cc(C(F)(F)F)nc1-c1cccnc1. The molecule has 1 atom stereocenters. The van der Waals surface area contributed by atoms with Crippen LogP contribution < -0.4 is 5.32 Å².